The third-order valence-electron chi connectivity index (χ3n) is 6.78. The van der Waals surface area contributed by atoms with E-state index < -0.39 is 5.54 Å². The van der Waals surface area contributed by atoms with E-state index in [0.717, 1.165) is 11.6 Å². The number of nitrogens with two attached hydrogens (primary N) is 1. The number of rotatable bonds is 3. The van der Waals surface area contributed by atoms with Gasteiger partial charge in [-0.15, -0.1) is 0 Å². The number of fused-ring (bicyclic) bond motifs is 2. The van der Waals surface area contributed by atoms with Crippen molar-refractivity contribution < 1.29 is 9.13 Å². The van der Waals surface area contributed by atoms with Crippen molar-refractivity contribution in [1.82, 2.24) is 0 Å². The van der Waals surface area contributed by atoms with Crippen LogP contribution in [0.1, 0.15) is 45.6 Å². The summed E-state index contributed by atoms with van der Waals surface area (Å²) in [6.45, 7) is 7.32. The number of benzene rings is 1. The van der Waals surface area contributed by atoms with Crippen molar-refractivity contribution in [2.75, 3.05) is 18.5 Å². The first-order chi connectivity index (χ1) is 11.8. The van der Waals surface area contributed by atoms with Gasteiger partial charge in [0.1, 0.15) is 23.8 Å². The molecule has 0 radical (unpaired) electrons. The highest BCUT2D eigenvalue weighted by Gasteiger charge is 2.53. The Morgan fingerprint density at radius 3 is 2.72 bits per heavy atom. The summed E-state index contributed by atoms with van der Waals surface area (Å²) in [4.78, 5) is 4.48. The minimum Gasteiger partial charge on any atom is -0.386 e. The Balaban J connectivity index is 1.60. The fourth-order valence-electron chi connectivity index (χ4n) is 5.31. The third-order valence-corrected chi connectivity index (χ3v) is 6.78. The first-order valence-corrected chi connectivity index (χ1v) is 9.28. The quantitative estimate of drug-likeness (QED) is 0.879. The molecule has 3 N–H and O–H groups in total. The molecule has 0 amide bonds. The molecule has 0 saturated heterocycles. The van der Waals surface area contributed by atoms with E-state index in [0.29, 0.717) is 42.0 Å². The summed E-state index contributed by atoms with van der Waals surface area (Å²) in [5.41, 5.74) is 6.97. The Bertz CT molecular complexity index is 717. The summed E-state index contributed by atoms with van der Waals surface area (Å²) in [7, 11) is 0. The van der Waals surface area contributed by atoms with Gasteiger partial charge in [-0.3, -0.25) is 4.99 Å². The van der Waals surface area contributed by atoms with Crippen molar-refractivity contribution in [2.24, 2.45) is 28.0 Å². The molecule has 0 aromatic heterocycles. The molecule has 5 heteroatoms. The summed E-state index contributed by atoms with van der Waals surface area (Å²) in [6.07, 6.45) is 3.83. The average molecular weight is 345 g/mol. The van der Waals surface area contributed by atoms with E-state index in [2.05, 4.69) is 24.2 Å². The summed E-state index contributed by atoms with van der Waals surface area (Å²) >= 11 is 0. The van der Waals surface area contributed by atoms with Crippen molar-refractivity contribution in [3.63, 3.8) is 0 Å². The highest BCUT2D eigenvalue weighted by atomic mass is 19.1. The smallest absolute Gasteiger partial charge is 0.129 e. The maximum Gasteiger partial charge on any atom is 0.129 e. The lowest BCUT2D eigenvalue weighted by molar-refractivity contribution is 0.104. The monoisotopic (exact) mass is 345 g/mol. The first-order valence-electron chi connectivity index (χ1n) is 9.28. The van der Waals surface area contributed by atoms with Crippen LogP contribution in [0.4, 0.5) is 10.1 Å². The Hall–Kier alpha value is -1.62. The minimum atomic E-state index is -0.766. The number of hydrogen-bond donors (Lipinski definition) is 2. The fraction of sp³-hybridized carbons (Fsp3) is 0.650. The number of nitrogens with one attached hydrogen (secondary N) is 1. The van der Waals surface area contributed by atoms with Crippen LogP contribution in [0.15, 0.2) is 23.2 Å². The Morgan fingerprint density at radius 1 is 1.28 bits per heavy atom. The molecule has 0 spiro atoms. The average Bonchev–Trinajstić information content (AvgIpc) is 2.96. The van der Waals surface area contributed by atoms with Gasteiger partial charge in [-0.1, -0.05) is 13.8 Å². The molecule has 1 aliphatic heterocycles. The second kappa shape index (κ2) is 5.70. The lowest BCUT2D eigenvalue weighted by Gasteiger charge is -2.31. The molecule has 4 rings (SSSR count). The number of aliphatic imine (C=N–C) groups is 1. The molecule has 136 valence electrons. The van der Waals surface area contributed by atoms with Gasteiger partial charge in [-0.25, -0.2) is 4.39 Å². The Morgan fingerprint density at radius 2 is 2.08 bits per heavy atom. The van der Waals surface area contributed by atoms with E-state index in [1.165, 1.54) is 25.3 Å². The normalized spacial score (nSPS) is 36.3. The molecule has 2 fully saturated rings. The van der Waals surface area contributed by atoms with Crippen LogP contribution >= 0.6 is 0 Å². The van der Waals surface area contributed by atoms with Crippen molar-refractivity contribution >= 4 is 11.5 Å². The van der Waals surface area contributed by atoms with Gasteiger partial charge in [0.05, 0.1) is 6.61 Å². The maximum atomic E-state index is 14.5. The second-order valence-electron chi connectivity index (χ2n) is 8.75. The summed E-state index contributed by atoms with van der Waals surface area (Å²) in [5, 5.41) is 3.68. The Labute approximate surface area is 149 Å². The topological polar surface area (TPSA) is 59.6 Å². The molecule has 2 aliphatic carbocycles. The highest BCUT2D eigenvalue weighted by Crippen LogP contribution is 2.58. The van der Waals surface area contributed by atoms with Crippen molar-refractivity contribution in [1.29, 1.82) is 0 Å². The van der Waals surface area contributed by atoms with E-state index in [-0.39, 0.29) is 5.82 Å². The first kappa shape index (κ1) is 16.8. The lowest BCUT2D eigenvalue weighted by atomic mass is 9.81. The molecule has 3 aliphatic rings. The van der Waals surface area contributed by atoms with Crippen LogP contribution in [0.3, 0.4) is 0 Å². The number of ether oxygens (including phenoxy) is 1. The molecule has 1 aromatic rings. The fourth-order valence-corrected chi connectivity index (χ4v) is 5.31. The van der Waals surface area contributed by atoms with Crippen LogP contribution in [0.25, 0.3) is 0 Å². The minimum absolute atomic E-state index is 0.261. The van der Waals surface area contributed by atoms with E-state index in [4.69, 9.17) is 10.5 Å². The largest absolute Gasteiger partial charge is 0.386 e. The zero-order valence-electron chi connectivity index (χ0n) is 15.3. The van der Waals surface area contributed by atoms with Crippen molar-refractivity contribution in [3.05, 3.63) is 29.6 Å². The van der Waals surface area contributed by atoms with Gasteiger partial charge < -0.3 is 15.8 Å². The summed E-state index contributed by atoms with van der Waals surface area (Å²) in [6, 6.07) is 5.72. The van der Waals surface area contributed by atoms with Gasteiger partial charge in [0.2, 0.25) is 0 Å². The lowest BCUT2D eigenvalue weighted by Crippen LogP contribution is -2.38. The van der Waals surface area contributed by atoms with Gasteiger partial charge in [0.25, 0.3) is 0 Å². The maximum absolute atomic E-state index is 14.5. The zero-order chi connectivity index (χ0) is 17.8. The predicted molar refractivity (Wildman–Crippen MR) is 98.2 cm³/mol. The molecule has 1 unspecified atom stereocenters. The van der Waals surface area contributed by atoms with Crippen LogP contribution in [0.5, 0.6) is 0 Å². The number of anilines is 1. The van der Waals surface area contributed by atoms with E-state index in [9.17, 15) is 4.39 Å². The summed E-state index contributed by atoms with van der Waals surface area (Å²) < 4.78 is 20.0. The van der Waals surface area contributed by atoms with Crippen molar-refractivity contribution in [3.8, 4) is 0 Å². The second-order valence-corrected chi connectivity index (χ2v) is 8.75. The SMILES string of the molecule is CC1(c2cc(N[C@@H]3C[C@H]4CC[C@@H]3C4(C)C)ccc2F)COCC(N)=N1. The van der Waals surface area contributed by atoms with Gasteiger partial charge >= 0.3 is 0 Å². The molecule has 1 aromatic carbocycles. The van der Waals surface area contributed by atoms with Gasteiger partial charge in [0, 0.05) is 17.3 Å². The molecule has 1 heterocycles. The van der Waals surface area contributed by atoms with Crippen LogP contribution in [0.2, 0.25) is 0 Å². The number of nitrogens with zero attached hydrogens (tertiary/aromatic N) is 1. The highest BCUT2D eigenvalue weighted by molar-refractivity contribution is 5.82. The van der Waals surface area contributed by atoms with Gasteiger partial charge in [-0.05, 0) is 61.6 Å². The molecule has 2 saturated carbocycles. The number of halogens is 1. The Kier molecular flexibility index (Phi) is 3.83. The van der Waals surface area contributed by atoms with Crippen LogP contribution < -0.4 is 11.1 Å². The number of amidine groups is 1. The van der Waals surface area contributed by atoms with E-state index in [1.807, 2.05) is 19.1 Å². The van der Waals surface area contributed by atoms with E-state index >= 15 is 0 Å². The molecule has 4 atom stereocenters. The molecule has 2 bridgehead atoms. The predicted octanol–water partition coefficient (Wildman–Crippen LogP) is 3.66. The van der Waals surface area contributed by atoms with Gasteiger partial charge in [-0.2, -0.15) is 0 Å². The van der Waals surface area contributed by atoms with Crippen LogP contribution in [0, 0.1) is 23.1 Å². The molecule has 4 nitrogen and oxygen atoms in total. The van der Waals surface area contributed by atoms with Crippen molar-refractivity contribution in [2.45, 2.75) is 51.6 Å². The molecule has 25 heavy (non-hydrogen) atoms. The van der Waals surface area contributed by atoms with E-state index in [1.54, 1.807) is 0 Å². The zero-order valence-corrected chi connectivity index (χ0v) is 15.3. The van der Waals surface area contributed by atoms with Gasteiger partial charge in [0.15, 0.2) is 0 Å². The standard InChI is InChI=1S/C20H28FN3O/c1-19(2)12-4-6-14(19)17(8-12)23-13-5-7-16(21)15(9-13)20(3)11-25-10-18(22)24-20/h5,7,9,12,14,17,23H,4,6,8,10-11H2,1-3H3,(H2,22,24)/t12-,14+,17-,20?/m1/s1. The van der Waals surface area contributed by atoms with Crippen LogP contribution in [-0.2, 0) is 10.3 Å². The molecular formula is C20H28FN3O. The van der Waals surface area contributed by atoms with Crippen LogP contribution in [-0.4, -0.2) is 25.1 Å². The number of hydrogen-bond acceptors (Lipinski definition) is 4. The summed E-state index contributed by atoms with van der Waals surface area (Å²) in [5.74, 6) is 1.64. The third kappa shape index (κ3) is 2.73. The molecular weight excluding hydrogens is 317 g/mol.